The summed E-state index contributed by atoms with van der Waals surface area (Å²) >= 11 is 0. The van der Waals surface area contributed by atoms with Gasteiger partial charge in [0.15, 0.2) is 11.5 Å². The van der Waals surface area contributed by atoms with Gasteiger partial charge < -0.3 is 16.0 Å². The molecule has 3 aliphatic rings. The predicted octanol–water partition coefficient (Wildman–Crippen LogP) is 1.71. The molecule has 1 amide bonds. The Labute approximate surface area is 143 Å². The molecule has 24 heavy (non-hydrogen) atoms. The van der Waals surface area contributed by atoms with Gasteiger partial charge in [-0.3, -0.25) is 4.79 Å². The van der Waals surface area contributed by atoms with Gasteiger partial charge in [0.25, 0.3) is 5.91 Å². The highest BCUT2D eigenvalue weighted by Crippen LogP contribution is 2.39. The fourth-order valence-electron chi connectivity index (χ4n) is 4.81. The lowest BCUT2D eigenvalue weighted by atomic mass is 9.67. The lowest BCUT2D eigenvalue weighted by Crippen LogP contribution is -2.53. The topological polar surface area (TPSA) is 84.1 Å². The van der Waals surface area contributed by atoms with Crippen molar-refractivity contribution >= 4 is 11.7 Å². The molecule has 2 atom stereocenters. The second kappa shape index (κ2) is 6.67. The number of carbonyl (C=O) groups excluding carboxylic acids is 1. The van der Waals surface area contributed by atoms with Gasteiger partial charge in [-0.2, -0.15) is 0 Å². The molecule has 130 valence electrons. The van der Waals surface area contributed by atoms with Gasteiger partial charge in [-0.15, -0.1) is 10.2 Å². The zero-order chi connectivity index (χ0) is 16.5. The SMILES string of the molecule is NC1CC2CCCC(C1)C2NC(=O)c1ccc(N2CCCC2)nn1. The molecule has 1 aromatic heterocycles. The summed E-state index contributed by atoms with van der Waals surface area (Å²) in [5, 5.41) is 11.7. The van der Waals surface area contributed by atoms with E-state index in [4.69, 9.17) is 5.73 Å². The van der Waals surface area contributed by atoms with Gasteiger partial charge in [0, 0.05) is 25.2 Å². The average molecular weight is 329 g/mol. The van der Waals surface area contributed by atoms with Gasteiger partial charge >= 0.3 is 0 Å². The molecule has 3 fully saturated rings. The summed E-state index contributed by atoms with van der Waals surface area (Å²) in [6, 6.07) is 4.28. The smallest absolute Gasteiger partial charge is 0.272 e. The molecule has 6 nitrogen and oxygen atoms in total. The van der Waals surface area contributed by atoms with Crippen molar-refractivity contribution in [2.45, 2.75) is 57.0 Å². The predicted molar refractivity (Wildman–Crippen MR) is 92.8 cm³/mol. The van der Waals surface area contributed by atoms with Crippen LogP contribution < -0.4 is 16.0 Å². The Morgan fingerprint density at radius 3 is 2.42 bits per heavy atom. The zero-order valence-electron chi connectivity index (χ0n) is 14.2. The highest BCUT2D eigenvalue weighted by atomic mass is 16.2. The van der Waals surface area contributed by atoms with E-state index in [-0.39, 0.29) is 11.9 Å². The number of carbonyl (C=O) groups is 1. The quantitative estimate of drug-likeness (QED) is 0.882. The maximum absolute atomic E-state index is 12.6. The number of nitrogens with one attached hydrogen (secondary N) is 1. The summed E-state index contributed by atoms with van der Waals surface area (Å²) in [4.78, 5) is 14.8. The normalized spacial score (nSPS) is 32.6. The third-order valence-corrected chi connectivity index (χ3v) is 5.99. The number of aromatic nitrogens is 2. The molecule has 6 heteroatoms. The van der Waals surface area contributed by atoms with E-state index in [0.29, 0.717) is 23.6 Å². The van der Waals surface area contributed by atoms with Gasteiger partial charge in [0.1, 0.15) is 0 Å². The second-order valence-corrected chi connectivity index (χ2v) is 7.65. The van der Waals surface area contributed by atoms with Crippen LogP contribution in [0.15, 0.2) is 12.1 Å². The van der Waals surface area contributed by atoms with E-state index in [1.54, 1.807) is 6.07 Å². The van der Waals surface area contributed by atoms with E-state index < -0.39 is 0 Å². The molecule has 0 radical (unpaired) electrons. The molecule has 1 aromatic rings. The Balaban J connectivity index is 1.42. The minimum Gasteiger partial charge on any atom is -0.355 e. The van der Waals surface area contributed by atoms with Gasteiger partial charge in [0.05, 0.1) is 0 Å². The summed E-state index contributed by atoms with van der Waals surface area (Å²) in [7, 11) is 0. The third kappa shape index (κ3) is 3.11. The van der Waals surface area contributed by atoms with Crippen molar-refractivity contribution in [3.8, 4) is 0 Å². The van der Waals surface area contributed by atoms with Crippen LogP contribution in [-0.2, 0) is 0 Å². The molecular formula is C18H27N5O. The molecule has 1 saturated heterocycles. The average Bonchev–Trinajstić information content (AvgIpc) is 3.10. The Bertz CT molecular complexity index is 570. The third-order valence-electron chi connectivity index (χ3n) is 5.99. The van der Waals surface area contributed by atoms with Gasteiger partial charge in [-0.05, 0) is 62.5 Å². The second-order valence-electron chi connectivity index (χ2n) is 7.65. The monoisotopic (exact) mass is 329 g/mol. The molecule has 0 aromatic carbocycles. The molecule has 3 N–H and O–H groups in total. The number of hydrogen-bond donors (Lipinski definition) is 2. The van der Waals surface area contributed by atoms with E-state index in [9.17, 15) is 4.79 Å². The zero-order valence-corrected chi connectivity index (χ0v) is 14.2. The minimum absolute atomic E-state index is 0.0900. The largest absolute Gasteiger partial charge is 0.355 e. The van der Waals surface area contributed by atoms with Crippen molar-refractivity contribution < 1.29 is 4.79 Å². The fourth-order valence-corrected chi connectivity index (χ4v) is 4.81. The maximum atomic E-state index is 12.6. The number of fused-ring (bicyclic) bond motifs is 2. The summed E-state index contributed by atoms with van der Waals surface area (Å²) in [5.41, 5.74) is 6.59. The van der Waals surface area contributed by atoms with E-state index in [0.717, 1.165) is 31.7 Å². The van der Waals surface area contributed by atoms with Gasteiger partial charge in [-0.25, -0.2) is 0 Å². The first-order valence-electron chi connectivity index (χ1n) is 9.36. The number of anilines is 1. The summed E-state index contributed by atoms with van der Waals surface area (Å²) < 4.78 is 0. The van der Waals surface area contributed by atoms with Crippen LogP contribution >= 0.6 is 0 Å². The highest BCUT2D eigenvalue weighted by Gasteiger charge is 2.40. The Kier molecular flexibility index (Phi) is 4.39. The molecule has 2 aliphatic carbocycles. The molecule has 1 aliphatic heterocycles. The molecule has 2 saturated carbocycles. The van der Waals surface area contributed by atoms with E-state index in [1.165, 1.54) is 32.1 Å². The van der Waals surface area contributed by atoms with Crippen LogP contribution in [0.25, 0.3) is 0 Å². The van der Waals surface area contributed by atoms with Crippen molar-refractivity contribution in [2.75, 3.05) is 18.0 Å². The van der Waals surface area contributed by atoms with Crippen LogP contribution in [0.5, 0.6) is 0 Å². The van der Waals surface area contributed by atoms with Crippen LogP contribution in [0.3, 0.4) is 0 Å². The van der Waals surface area contributed by atoms with E-state index >= 15 is 0 Å². The highest BCUT2D eigenvalue weighted by molar-refractivity contribution is 5.92. The van der Waals surface area contributed by atoms with Crippen molar-refractivity contribution in [1.82, 2.24) is 15.5 Å². The standard InChI is InChI=1S/C18H27N5O/c19-14-10-12-4-3-5-13(11-14)17(12)20-18(24)15-6-7-16(22-21-15)23-8-1-2-9-23/h6-7,12-14,17H,1-5,8-11,19H2,(H,20,24). The molecule has 2 unspecified atom stereocenters. The maximum Gasteiger partial charge on any atom is 0.272 e. The summed E-state index contributed by atoms with van der Waals surface area (Å²) in [5.74, 6) is 1.83. The Morgan fingerprint density at radius 2 is 1.79 bits per heavy atom. The number of hydrogen-bond acceptors (Lipinski definition) is 5. The summed E-state index contributed by atoms with van der Waals surface area (Å²) in [6.07, 6.45) is 8.08. The molecule has 2 heterocycles. The number of nitrogens with zero attached hydrogens (tertiary/aromatic N) is 3. The van der Waals surface area contributed by atoms with Crippen molar-refractivity contribution in [3.05, 3.63) is 17.8 Å². The van der Waals surface area contributed by atoms with Crippen LogP contribution in [0.2, 0.25) is 0 Å². The first-order valence-corrected chi connectivity index (χ1v) is 9.36. The summed E-state index contributed by atoms with van der Waals surface area (Å²) in [6.45, 7) is 2.07. The number of nitrogens with two attached hydrogens (primary N) is 1. The Hall–Kier alpha value is -1.69. The first-order chi connectivity index (χ1) is 11.7. The van der Waals surface area contributed by atoms with Crippen molar-refractivity contribution in [2.24, 2.45) is 17.6 Å². The fraction of sp³-hybridized carbons (Fsp3) is 0.722. The van der Waals surface area contributed by atoms with Crippen molar-refractivity contribution in [3.63, 3.8) is 0 Å². The lowest BCUT2D eigenvalue weighted by molar-refractivity contribution is 0.0751. The van der Waals surface area contributed by atoms with Crippen LogP contribution in [0.1, 0.15) is 55.4 Å². The Morgan fingerprint density at radius 1 is 1.08 bits per heavy atom. The molecule has 0 spiro atoms. The molecule has 2 bridgehead atoms. The van der Waals surface area contributed by atoms with E-state index in [1.807, 2.05) is 6.07 Å². The van der Waals surface area contributed by atoms with Crippen LogP contribution in [-0.4, -0.2) is 41.3 Å². The lowest BCUT2D eigenvalue weighted by Gasteiger charge is -2.45. The van der Waals surface area contributed by atoms with Crippen molar-refractivity contribution in [1.29, 1.82) is 0 Å². The van der Waals surface area contributed by atoms with E-state index in [2.05, 4.69) is 20.4 Å². The number of rotatable bonds is 3. The van der Waals surface area contributed by atoms with Crippen LogP contribution in [0.4, 0.5) is 5.82 Å². The molecule has 4 rings (SSSR count). The van der Waals surface area contributed by atoms with Gasteiger partial charge in [0.2, 0.25) is 0 Å². The number of amides is 1. The molecular weight excluding hydrogens is 302 g/mol. The minimum atomic E-state index is -0.0900. The first kappa shape index (κ1) is 15.8. The van der Waals surface area contributed by atoms with Gasteiger partial charge in [-0.1, -0.05) is 6.42 Å². The van der Waals surface area contributed by atoms with Crippen LogP contribution in [0, 0.1) is 11.8 Å².